The van der Waals surface area contributed by atoms with Crippen LogP contribution in [-0.2, 0) is 23.9 Å². The number of carbonyl (C=O) groups excluding carboxylic acids is 3. The van der Waals surface area contributed by atoms with Crippen LogP contribution in [0.2, 0.25) is 0 Å². The van der Waals surface area contributed by atoms with Crippen molar-refractivity contribution in [2.45, 2.75) is 59.5 Å². The lowest BCUT2D eigenvalue weighted by molar-refractivity contribution is -0.152. The van der Waals surface area contributed by atoms with Gasteiger partial charge < -0.3 is 14.7 Å². The van der Waals surface area contributed by atoms with Gasteiger partial charge in [-0.3, -0.25) is 14.4 Å². The van der Waals surface area contributed by atoms with E-state index in [9.17, 15) is 19.2 Å². The van der Waals surface area contributed by atoms with Gasteiger partial charge in [-0.2, -0.15) is 0 Å². The van der Waals surface area contributed by atoms with E-state index in [2.05, 4.69) is 19.9 Å². The molecule has 0 spiro atoms. The zero-order valence-corrected chi connectivity index (χ0v) is 20.3. The van der Waals surface area contributed by atoms with E-state index in [-0.39, 0.29) is 17.6 Å². The van der Waals surface area contributed by atoms with Crippen molar-refractivity contribution in [1.82, 2.24) is 4.90 Å². The number of esters is 1. The molecule has 1 N–H and O–H groups in total. The second kappa shape index (κ2) is 9.79. The monoisotopic (exact) mass is 465 g/mol. The smallest absolute Gasteiger partial charge is 0.343 e. The van der Waals surface area contributed by atoms with Crippen LogP contribution in [-0.4, -0.2) is 45.7 Å². The summed E-state index contributed by atoms with van der Waals surface area (Å²) in [6.45, 7) is 9.48. The third-order valence-corrected chi connectivity index (χ3v) is 6.34. The second-order valence-electron chi connectivity index (χ2n) is 9.13. The molecule has 0 bridgehead atoms. The molecule has 2 atom stereocenters. The zero-order valence-electron chi connectivity index (χ0n) is 20.3. The number of ketones is 2. The summed E-state index contributed by atoms with van der Waals surface area (Å²) in [7, 11) is 0. The number of carbonyl (C=O) groups is 4. The van der Waals surface area contributed by atoms with Crippen molar-refractivity contribution in [2.24, 2.45) is 5.92 Å². The highest BCUT2D eigenvalue weighted by atomic mass is 16.6. The molecule has 0 fully saturated rings. The van der Waals surface area contributed by atoms with Crippen LogP contribution in [0.1, 0.15) is 53.9 Å². The van der Waals surface area contributed by atoms with Gasteiger partial charge in [-0.25, -0.2) is 4.79 Å². The quantitative estimate of drug-likeness (QED) is 0.309. The van der Waals surface area contributed by atoms with E-state index in [0.717, 1.165) is 17.7 Å². The summed E-state index contributed by atoms with van der Waals surface area (Å²) in [5, 5.41) is 9.08. The Hall–Kier alpha value is -3.48. The lowest BCUT2D eigenvalue weighted by Gasteiger charge is -2.35. The third-order valence-electron chi connectivity index (χ3n) is 6.34. The maximum atomic E-state index is 13.0. The van der Waals surface area contributed by atoms with Gasteiger partial charge in [0.15, 0.2) is 11.4 Å². The van der Waals surface area contributed by atoms with E-state index in [1.54, 1.807) is 6.20 Å². The lowest BCUT2D eigenvalue weighted by atomic mass is 9.75. The van der Waals surface area contributed by atoms with Crippen LogP contribution < -0.4 is 0 Å². The van der Waals surface area contributed by atoms with Gasteiger partial charge >= 0.3 is 11.9 Å². The molecule has 7 nitrogen and oxygen atoms in total. The van der Waals surface area contributed by atoms with Gasteiger partial charge in [-0.1, -0.05) is 38.0 Å². The Labute approximate surface area is 199 Å². The maximum Gasteiger partial charge on any atom is 0.343 e. The normalized spacial score (nSPS) is 23.3. The molecule has 3 aliphatic rings. The minimum atomic E-state index is -1.54. The molecule has 1 aliphatic carbocycles. The van der Waals surface area contributed by atoms with Gasteiger partial charge in [0.25, 0.3) is 0 Å². The number of hydrogen-bond donors (Lipinski definition) is 1. The van der Waals surface area contributed by atoms with Crippen molar-refractivity contribution in [3.8, 4) is 0 Å². The van der Waals surface area contributed by atoms with Crippen molar-refractivity contribution in [2.75, 3.05) is 6.54 Å². The van der Waals surface area contributed by atoms with Gasteiger partial charge in [0.1, 0.15) is 5.57 Å². The Balaban J connectivity index is 2.08. The van der Waals surface area contributed by atoms with Crippen molar-refractivity contribution in [3.63, 3.8) is 0 Å². The second-order valence-corrected chi connectivity index (χ2v) is 9.13. The number of nitrogens with zero attached hydrogens (tertiary/aromatic N) is 1. The highest BCUT2D eigenvalue weighted by Crippen LogP contribution is 2.46. The summed E-state index contributed by atoms with van der Waals surface area (Å²) in [5.41, 5.74) is 1.65. The average molecular weight is 466 g/mol. The first-order valence-corrected chi connectivity index (χ1v) is 11.5. The molecular weight excluding hydrogens is 434 g/mol. The SMILES string of the molecule is CC[C@H](C)/C=C(C)/C=C/C1=CC2=CC(=O)[C@]3(C)OC(=O)C(C(C)=O)=C3C2=CN1CCCC(=O)O. The van der Waals surface area contributed by atoms with Crippen LogP contribution in [0.15, 0.2) is 70.1 Å². The summed E-state index contributed by atoms with van der Waals surface area (Å²) in [4.78, 5) is 50.7. The minimum absolute atomic E-state index is 0.00546. The highest BCUT2D eigenvalue weighted by Gasteiger charge is 2.54. The van der Waals surface area contributed by atoms with Gasteiger partial charge in [-0.05, 0) is 56.9 Å². The maximum absolute atomic E-state index is 13.0. The highest BCUT2D eigenvalue weighted by molar-refractivity contribution is 6.23. The van der Waals surface area contributed by atoms with Crippen molar-refractivity contribution >= 4 is 23.5 Å². The molecular formula is C27H31NO6. The number of fused-ring (bicyclic) bond motifs is 3. The van der Waals surface area contributed by atoms with Gasteiger partial charge in [0.2, 0.25) is 5.78 Å². The minimum Gasteiger partial charge on any atom is -0.481 e. The van der Waals surface area contributed by atoms with E-state index in [1.807, 2.05) is 30.1 Å². The molecule has 0 aromatic carbocycles. The van der Waals surface area contributed by atoms with Gasteiger partial charge in [0.05, 0.1) is 0 Å². The molecule has 2 aliphatic heterocycles. The van der Waals surface area contributed by atoms with Crippen LogP contribution in [0.5, 0.6) is 0 Å². The summed E-state index contributed by atoms with van der Waals surface area (Å²) < 4.78 is 5.38. The van der Waals surface area contributed by atoms with Crippen LogP contribution in [0.3, 0.4) is 0 Å². The Morgan fingerprint density at radius 1 is 1.24 bits per heavy atom. The topological polar surface area (TPSA) is 101 Å². The predicted octanol–water partition coefficient (Wildman–Crippen LogP) is 4.19. The fourth-order valence-corrected chi connectivity index (χ4v) is 4.32. The molecule has 0 saturated carbocycles. The van der Waals surface area contributed by atoms with Crippen molar-refractivity contribution in [1.29, 1.82) is 0 Å². The number of allylic oxidation sites excluding steroid dienone is 6. The van der Waals surface area contributed by atoms with Gasteiger partial charge in [-0.15, -0.1) is 0 Å². The zero-order chi connectivity index (χ0) is 25.2. The summed E-state index contributed by atoms with van der Waals surface area (Å²) in [6.07, 6.45) is 12.6. The molecule has 0 radical (unpaired) electrons. The van der Waals surface area contributed by atoms with Crippen molar-refractivity contribution < 1.29 is 29.0 Å². The molecule has 7 heteroatoms. The van der Waals surface area contributed by atoms with E-state index < -0.39 is 29.1 Å². The number of rotatable bonds is 9. The number of Topliss-reactive ketones (excluding diaryl/α,β-unsaturated/α-hetero) is 1. The number of hydrogen-bond acceptors (Lipinski definition) is 6. The Morgan fingerprint density at radius 3 is 2.56 bits per heavy atom. The molecule has 3 rings (SSSR count). The Bertz CT molecular complexity index is 1130. The molecule has 2 heterocycles. The first-order chi connectivity index (χ1) is 16.0. The average Bonchev–Trinajstić information content (AvgIpc) is 3.04. The first-order valence-electron chi connectivity index (χ1n) is 11.5. The van der Waals surface area contributed by atoms with Crippen LogP contribution in [0.25, 0.3) is 0 Å². The fourth-order valence-electron chi connectivity index (χ4n) is 4.32. The van der Waals surface area contributed by atoms with Crippen LogP contribution in [0.4, 0.5) is 0 Å². The van der Waals surface area contributed by atoms with Crippen LogP contribution in [0, 0.1) is 5.92 Å². The molecule has 0 aromatic heterocycles. The van der Waals surface area contributed by atoms with E-state index in [1.165, 1.54) is 19.9 Å². The number of carboxylic acids is 1. The molecule has 180 valence electrons. The number of carboxylic acid groups (broad SMARTS) is 1. The number of ether oxygens (including phenoxy) is 1. The summed E-state index contributed by atoms with van der Waals surface area (Å²) >= 11 is 0. The van der Waals surface area contributed by atoms with Crippen LogP contribution >= 0.6 is 0 Å². The fraction of sp³-hybridized carbons (Fsp3) is 0.407. The summed E-state index contributed by atoms with van der Waals surface area (Å²) in [5.74, 6) is -2.10. The van der Waals surface area contributed by atoms with Gasteiger partial charge in [0, 0.05) is 36.0 Å². The lowest BCUT2D eigenvalue weighted by Crippen LogP contribution is -2.41. The molecule has 0 aromatic rings. The molecule has 0 saturated heterocycles. The van der Waals surface area contributed by atoms with Crippen molar-refractivity contribution in [3.05, 3.63) is 70.1 Å². The van der Waals surface area contributed by atoms with E-state index in [0.29, 0.717) is 30.0 Å². The summed E-state index contributed by atoms with van der Waals surface area (Å²) in [6, 6.07) is 0. The Kier molecular flexibility index (Phi) is 7.24. The third kappa shape index (κ3) is 4.88. The largest absolute Gasteiger partial charge is 0.481 e. The van der Waals surface area contributed by atoms with E-state index >= 15 is 0 Å². The predicted molar refractivity (Wildman–Crippen MR) is 127 cm³/mol. The Morgan fingerprint density at radius 2 is 1.94 bits per heavy atom. The molecule has 34 heavy (non-hydrogen) atoms. The first kappa shape index (κ1) is 25.1. The standard InChI is InChI=1S/C27H31NO6/c1-6-16(2)12-17(3)9-10-20-13-19-14-22(30)27(5)25(24(18(4)29)26(33)34-27)21(19)15-28(20)11-7-8-23(31)32/h9-10,12-16H,6-8,11H2,1-5H3,(H,31,32)/b10-9+,17-12+/t16-,27-/m0/s1. The van der Waals surface area contributed by atoms with E-state index in [4.69, 9.17) is 9.84 Å². The number of aliphatic carboxylic acids is 1. The molecule has 0 unspecified atom stereocenters. The molecule has 0 amide bonds.